The van der Waals surface area contributed by atoms with Gasteiger partial charge in [0.2, 0.25) is 5.76 Å². The Morgan fingerprint density at radius 1 is 1.32 bits per heavy atom. The Morgan fingerprint density at radius 2 is 2.08 bits per heavy atom. The van der Waals surface area contributed by atoms with Gasteiger partial charge in [0.05, 0.1) is 5.69 Å². The first-order valence-corrected chi connectivity index (χ1v) is 9.13. The fourth-order valence-electron chi connectivity index (χ4n) is 3.50. The molecule has 0 radical (unpaired) electrons. The van der Waals surface area contributed by atoms with Gasteiger partial charge in [-0.05, 0) is 56.7 Å². The molecular weight excluding hydrogens is 316 g/mol. The highest BCUT2D eigenvalue weighted by molar-refractivity contribution is 5.92. The Labute approximate surface area is 148 Å². The molecule has 5 heteroatoms. The number of aryl methyl sites for hydroxylation is 3. The zero-order chi connectivity index (χ0) is 17.8. The zero-order valence-electron chi connectivity index (χ0n) is 15.0. The summed E-state index contributed by atoms with van der Waals surface area (Å²) in [4.78, 5) is 19.3. The average Bonchev–Trinajstić information content (AvgIpc) is 3.02. The van der Waals surface area contributed by atoms with Gasteiger partial charge < -0.3 is 14.4 Å². The highest BCUT2D eigenvalue weighted by atomic mass is 16.4. The molecule has 1 aromatic heterocycles. The molecule has 1 aliphatic rings. The normalized spacial score (nSPS) is 17.7. The van der Waals surface area contributed by atoms with Crippen LogP contribution >= 0.6 is 0 Å². The van der Waals surface area contributed by atoms with E-state index in [1.165, 1.54) is 5.56 Å². The number of aromatic nitrogens is 1. The molecule has 3 rings (SSSR count). The topological polar surface area (TPSA) is 66.6 Å². The third-order valence-corrected chi connectivity index (χ3v) is 4.93. The summed E-state index contributed by atoms with van der Waals surface area (Å²) in [5, 5.41) is 9.39. The highest BCUT2D eigenvalue weighted by Crippen LogP contribution is 2.25. The molecule has 1 fully saturated rings. The van der Waals surface area contributed by atoms with Crippen LogP contribution in [-0.4, -0.2) is 33.5 Å². The third kappa shape index (κ3) is 4.03. The number of oxazole rings is 1. The fraction of sp³-hybridized carbons (Fsp3) is 0.500. The summed E-state index contributed by atoms with van der Waals surface area (Å²) >= 11 is 0. The second-order valence-corrected chi connectivity index (χ2v) is 6.73. The maximum Gasteiger partial charge on any atom is 0.291 e. The van der Waals surface area contributed by atoms with Crippen LogP contribution in [0.4, 0.5) is 0 Å². The molecule has 25 heavy (non-hydrogen) atoms. The lowest BCUT2D eigenvalue weighted by Crippen LogP contribution is -2.44. The van der Waals surface area contributed by atoms with Crippen LogP contribution in [0.3, 0.4) is 0 Å². The van der Waals surface area contributed by atoms with E-state index in [1.807, 2.05) is 30.9 Å². The Morgan fingerprint density at radius 3 is 2.76 bits per heavy atom. The van der Waals surface area contributed by atoms with E-state index < -0.39 is 0 Å². The minimum atomic E-state index is -0.0277. The van der Waals surface area contributed by atoms with E-state index in [1.54, 1.807) is 12.1 Å². The van der Waals surface area contributed by atoms with Crippen LogP contribution in [0.1, 0.15) is 60.3 Å². The quantitative estimate of drug-likeness (QED) is 0.895. The van der Waals surface area contributed by atoms with Gasteiger partial charge in [-0.2, -0.15) is 0 Å². The fourth-order valence-corrected chi connectivity index (χ4v) is 3.50. The molecule has 1 aromatic carbocycles. The van der Waals surface area contributed by atoms with E-state index in [0.29, 0.717) is 23.8 Å². The predicted molar refractivity (Wildman–Crippen MR) is 95.7 cm³/mol. The second-order valence-electron chi connectivity index (χ2n) is 6.73. The molecule has 134 valence electrons. The van der Waals surface area contributed by atoms with Gasteiger partial charge in [0.25, 0.3) is 5.91 Å². The summed E-state index contributed by atoms with van der Waals surface area (Å²) in [7, 11) is 0. The van der Waals surface area contributed by atoms with Crippen molar-refractivity contribution in [2.75, 3.05) is 6.54 Å². The zero-order valence-corrected chi connectivity index (χ0v) is 15.0. The summed E-state index contributed by atoms with van der Waals surface area (Å²) < 4.78 is 5.67. The van der Waals surface area contributed by atoms with Crippen molar-refractivity contribution in [1.82, 2.24) is 9.88 Å². The van der Waals surface area contributed by atoms with Crippen molar-refractivity contribution >= 4 is 5.91 Å². The van der Waals surface area contributed by atoms with Crippen molar-refractivity contribution in [1.29, 1.82) is 0 Å². The van der Waals surface area contributed by atoms with Crippen molar-refractivity contribution in [3.63, 3.8) is 0 Å². The Bertz CT molecular complexity index is 721. The molecule has 2 aromatic rings. The van der Waals surface area contributed by atoms with Gasteiger partial charge in [-0.1, -0.05) is 19.1 Å². The van der Waals surface area contributed by atoms with Gasteiger partial charge >= 0.3 is 0 Å². The van der Waals surface area contributed by atoms with E-state index in [0.717, 1.165) is 38.6 Å². The molecule has 0 bridgehead atoms. The van der Waals surface area contributed by atoms with Crippen molar-refractivity contribution in [3.05, 3.63) is 47.2 Å². The van der Waals surface area contributed by atoms with Gasteiger partial charge in [-0.25, -0.2) is 4.98 Å². The largest absolute Gasteiger partial charge is 0.508 e. The molecule has 1 atom stereocenters. The number of phenolic OH excluding ortho intramolecular Hbond substituents is 1. The molecule has 1 amide bonds. The number of carbonyl (C=O) groups excluding carboxylic acids is 1. The van der Waals surface area contributed by atoms with Crippen molar-refractivity contribution in [3.8, 4) is 5.75 Å². The van der Waals surface area contributed by atoms with Gasteiger partial charge in [0.15, 0.2) is 5.89 Å². The SMILES string of the molecule is CCc1nc(C)c(C(=O)N2CCCC[C@@H]2CCc2ccc(O)cc2)o1. The van der Waals surface area contributed by atoms with Crippen molar-refractivity contribution in [2.45, 2.75) is 58.4 Å². The lowest BCUT2D eigenvalue weighted by Gasteiger charge is -2.35. The highest BCUT2D eigenvalue weighted by Gasteiger charge is 2.30. The summed E-state index contributed by atoms with van der Waals surface area (Å²) in [6, 6.07) is 7.54. The lowest BCUT2D eigenvalue weighted by molar-refractivity contribution is 0.0566. The molecule has 1 saturated heterocycles. The van der Waals surface area contributed by atoms with Crippen LogP contribution in [0.15, 0.2) is 28.7 Å². The molecule has 0 aliphatic carbocycles. The van der Waals surface area contributed by atoms with Crippen LogP contribution in [0.25, 0.3) is 0 Å². The first kappa shape index (κ1) is 17.5. The number of phenols is 1. The number of benzene rings is 1. The molecular formula is C20H26N2O3. The maximum atomic E-state index is 13.0. The molecule has 1 N–H and O–H groups in total. The number of hydrogen-bond donors (Lipinski definition) is 1. The van der Waals surface area contributed by atoms with Crippen LogP contribution < -0.4 is 0 Å². The molecule has 1 aliphatic heterocycles. The first-order valence-electron chi connectivity index (χ1n) is 9.13. The first-order chi connectivity index (χ1) is 12.1. The van der Waals surface area contributed by atoms with Crippen LogP contribution in [0, 0.1) is 6.92 Å². The molecule has 2 heterocycles. The number of aromatic hydroxyl groups is 1. The van der Waals surface area contributed by atoms with Gasteiger partial charge in [-0.15, -0.1) is 0 Å². The summed E-state index contributed by atoms with van der Waals surface area (Å²) in [5.74, 6) is 1.28. The summed E-state index contributed by atoms with van der Waals surface area (Å²) in [6.07, 6.45) is 5.72. The van der Waals surface area contributed by atoms with Crippen molar-refractivity contribution < 1.29 is 14.3 Å². The smallest absolute Gasteiger partial charge is 0.291 e. The summed E-state index contributed by atoms with van der Waals surface area (Å²) in [5.41, 5.74) is 1.87. The number of carbonyl (C=O) groups is 1. The molecule has 0 spiro atoms. The number of likely N-dealkylation sites (tertiary alicyclic amines) is 1. The maximum absolute atomic E-state index is 13.0. The van der Waals surface area contributed by atoms with Crippen molar-refractivity contribution in [2.24, 2.45) is 0 Å². The van der Waals surface area contributed by atoms with Crippen LogP contribution in [-0.2, 0) is 12.8 Å². The van der Waals surface area contributed by atoms with E-state index >= 15 is 0 Å². The van der Waals surface area contributed by atoms with E-state index in [9.17, 15) is 9.90 Å². The van der Waals surface area contributed by atoms with Crippen LogP contribution in [0.5, 0.6) is 5.75 Å². The molecule has 5 nitrogen and oxygen atoms in total. The lowest BCUT2D eigenvalue weighted by atomic mass is 9.95. The van der Waals surface area contributed by atoms with Gasteiger partial charge in [0, 0.05) is 19.0 Å². The molecule has 0 saturated carbocycles. The van der Waals surface area contributed by atoms with E-state index in [2.05, 4.69) is 4.98 Å². The molecule has 0 unspecified atom stereocenters. The standard InChI is InChI=1S/C20H26N2O3/c1-3-18-21-14(2)19(25-18)20(24)22-13-5-4-6-16(22)10-7-15-8-11-17(23)12-9-15/h8-9,11-12,16,23H,3-7,10,13H2,1-2H3/t16-/m1/s1. The second kappa shape index (κ2) is 7.72. The Hall–Kier alpha value is -2.30. The van der Waals surface area contributed by atoms with Gasteiger partial charge in [-0.3, -0.25) is 4.79 Å². The van der Waals surface area contributed by atoms with Crippen LogP contribution in [0.2, 0.25) is 0 Å². The monoisotopic (exact) mass is 342 g/mol. The minimum absolute atomic E-state index is 0.0277. The third-order valence-electron chi connectivity index (χ3n) is 4.93. The van der Waals surface area contributed by atoms with E-state index in [-0.39, 0.29) is 17.7 Å². The number of rotatable bonds is 5. The Balaban J connectivity index is 1.70. The van der Waals surface area contributed by atoms with E-state index in [4.69, 9.17) is 4.42 Å². The number of nitrogens with zero attached hydrogens (tertiary/aromatic N) is 2. The number of piperidine rings is 1. The Kier molecular flexibility index (Phi) is 5.41. The number of amides is 1. The predicted octanol–water partition coefficient (Wildman–Crippen LogP) is 3.88. The minimum Gasteiger partial charge on any atom is -0.508 e. The summed E-state index contributed by atoms with van der Waals surface area (Å²) in [6.45, 7) is 4.59. The number of hydrogen-bond acceptors (Lipinski definition) is 4. The average molecular weight is 342 g/mol. The van der Waals surface area contributed by atoms with Gasteiger partial charge in [0.1, 0.15) is 5.75 Å².